The summed E-state index contributed by atoms with van der Waals surface area (Å²) >= 11 is 0. The second-order valence-corrected chi connectivity index (χ2v) is 7.80. The molecule has 0 radical (unpaired) electrons. The lowest BCUT2D eigenvalue weighted by molar-refractivity contribution is -0.121. The molecule has 1 aromatic heterocycles. The van der Waals surface area contributed by atoms with E-state index in [-0.39, 0.29) is 5.91 Å². The lowest BCUT2D eigenvalue weighted by Crippen LogP contribution is -2.43. The number of aromatic nitrogens is 1. The van der Waals surface area contributed by atoms with E-state index in [0.717, 1.165) is 16.0 Å². The van der Waals surface area contributed by atoms with Gasteiger partial charge in [-0.3, -0.25) is 4.79 Å². The summed E-state index contributed by atoms with van der Waals surface area (Å²) in [5.74, 6) is 0.786. The molecule has 0 spiro atoms. The maximum absolute atomic E-state index is 12.6. The van der Waals surface area contributed by atoms with Crippen molar-refractivity contribution in [1.29, 1.82) is 0 Å². The lowest BCUT2D eigenvalue weighted by atomic mass is 9.95. The molecule has 1 fully saturated rings. The summed E-state index contributed by atoms with van der Waals surface area (Å²) in [4.78, 5) is 30.3. The van der Waals surface area contributed by atoms with E-state index in [1.165, 1.54) is 6.20 Å². The number of fused-ring (bicyclic) bond motifs is 1. The predicted octanol–water partition coefficient (Wildman–Crippen LogP) is 3.86. The Morgan fingerprint density at radius 1 is 1.21 bits per heavy atom. The fourth-order valence-electron chi connectivity index (χ4n) is 3.63. The average Bonchev–Trinajstić information content (AvgIpc) is 3.10. The van der Waals surface area contributed by atoms with Gasteiger partial charge in [-0.2, -0.15) is 0 Å². The Bertz CT molecular complexity index is 955. The number of imide groups is 1. The summed E-state index contributed by atoms with van der Waals surface area (Å²) in [6.07, 6.45) is 1.98. The van der Waals surface area contributed by atoms with Gasteiger partial charge in [0, 0.05) is 11.6 Å². The summed E-state index contributed by atoms with van der Waals surface area (Å²) < 4.78 is 11.8. The van der Waals surface area contributed by atoms with Gasteiger partial charge in [-0.15, -0.1) is 0 Å². The molecule has 7 nitrogen and oxygen atoms in total. The zero-order chi connectivity index (χ0) is 20.1. The summed E-state index contributed by atoms with van der Waals surface area (Å²) in [6.45, 7) is 8.14. The number of ether oxygens (including phenoxy) is 2. The molecule has 28 heavy (non-hydrogen) atoms. The van der Waals surface area contributed by atoms with Gasteiger partial charge in [-0.1, -0.05) is 19.1 Å². The largest absolute Gasteiger partial charge is 0.439 e. The minimum absolute atomic E-state index is 0.282. The summed E-state index contributed by atoms with van der Waals surface area (Å²) in [7, 11) is 0. The predicted molar refractivity (Wildman–Crippen MR) is 103 cm³/mol. The molecule has 0 aliphatic carbocycles. The van der Waals surface area contributed by atoms with E-state index in [1.54, 1.807) is 19.1 Å². The quantitative estimate of drug-likeness (QED) is 0.814. The van der Waals surface area contributed by atoms with Crippen molar-refractivity contribution < 1.29 is 19.1 Å². The zero-order valence-electron chi connectivity index (χ0n) is 16.4. The van der Waals surface area contributed by atoms with E-state index >= 15 is 0 Å². The van der Waals surface area contributed by atoms with Gasteiger partial charge < -0.3 is 14.8 Å². The minimum Gasteiger partial charge on any atom is -0.439 e. The molecule has 146 valence electrons. The van der Waals surface area contributed by atoms with Crippen molar-refractivity contribution in [3.63, 3.8) is 0 Å². The van der Waals surface area contributed by atoms with E-state index in [0.29, 0.717) is 30.3 Å². The van der Waals surface area contributed by atoms with E-state index < -0.39 is 17.2 Å². The number of nitrogens with zero attached hydrogens (tertiary/aromatic N) is 2. The number of nitrogens with one attached hydrogen (secondary N) is 1. The van der Waals surface area contributed by atoms with Crippen LogP contribution >= 0.6 is 0 Å². The highest BCUT2D eigenvalue weighted by molar-refractivity contribution is 6.23. The number of carbonyl (C=O) groups is 2. The molecule has 2 aromatic rings. The molecule has 0 saturated carbocycles. The van der Waals surface area contributed by atoms with Gasteiger partial charge in [0.05, 0.1) is 24.1 Å². The van der Waals surface area contributed by atoms with Crippen molar-refractivity contribution in [1.82, 2.24) is 10.3 Å². The maximum atomic E-state index is 12.6. The Morgan fingerprint density at radius 2 is 2.00 bits per heavy atom. The number of urea groups is 1. The van der Waals surface area contributed by atoms with E-state index in [4.69, 9.17) is 9.47 Å². The van der Waals surface area contributed by atoms with Crippen molar-refractivity contribution in [3.05, 3.63) is 47.7 Å². The molecule has 1 atom stereocenters. The molecule has 3 heterocycles. The Hall–Kier alpha value is -2.93. The number of hydrogen-bond donors (Lipinski definition) is 1. The summed E-state index contributed by atoms with van der Waals surface area (Å²) in [5.41, 5.74) is 1.19. The highest BCUT2D eigenvalue weighted by atomic mass is 16.5. The molecule has 4 rings (SSSR count). The van der Waals surface area contributed by atoms with Crippen LogP contribution in [-0.2, 0) is 21.7 Å². The first-order chi connectivity index (χ1) is 13.2. The van der Waals surface area contributed by atoms with Gasteiger partial charge in [0.25, 0.3) is 5.91 Å². The Morgan fingerprint density at radius 3 is 2.64 bits per heavy atom. The smallest absolute Gasteiger partial charge is 0.329 e. The molecule has 7 heteroatoms. The number of hydrogen-bond acceptors (Lipinski definition) is 5. The Balaban J connectivity index is 1.59. The number of rotatable bonds is 4. The van der Waals surface area contributed by atoms with E-state index in [9.17, 15) is 9.59 Å². The van der Waals surface area contributed by atoms with E-state index in [1.807, 2.05) is 39.0 Å². The van der Waals surface area contributed by atoms with Gasteiger partial charge >= 0.3 is 6.03 Å². The topological polar surface area (TPSA) is 80.8 Å². The molecule has 1 aromatic carbocycles. The molecule has 2 aliphatic heterocycles. The van der Waals surface area contributed by atoms with Crippen molar-refractivity contribution in [2.75, 3.05) is 4.90 Å². The van der Waals surface area contributed by atoms with Crippen molar-refractivity contribution >= 4 is 17.6 Å². The number of pyridine rings is 1. The fraction of sp³-hybridized carbons (Fsp3) is 0.381. The van der Waals surface area contributed by atoms with Crippen LogP contribution in [0, 0.1) is 0 Å². The van der Waals surface area contributed by atoms with Crippen LogP contribution in [0.5, 0.6) is 11.6 Å². The van der Waals surface area contributed by atoms with Gasteiger partial charge in [0.1, 0.15) is 11.3 Å². The van der Waals surface area contributed by atoms with Crippen LogP contribution in [-0.4, -0.2) is 22.5 Å². The number of benzene rings is 1. The molecular formula is C21H23N3O4. The van der Waals surface area contributed by atoms with Crippen LogP contribution in [0.2, 0.25) is 0 Å². The molecule has 2 aliphatic rings. The first-order valence-corrected chi connectivity index (χ1v) is 9.32. The molecule has 0 bridgehead atoms. The lowest BCUT2D eigenvalue weighted by Gasteiger charge is -2.21. The highest BCUT2D eigenvalue weighted by Gasteiger charge is 2.47. The average molecular weight is 381 g/mol. The highest BCUT2D eigenvalue weighted by Crippen LogP contribution is 2.42. The van der Waals surface area contributed by atoms with Gasteiger partial charge in [-0.05, 0) is 44.9 Å². The Kier molecular flexibility index (Phi) is 4.15. The number of carbonyl (C=O) groups excluding carboxylic acids is 2. The normalized spacial score (nSPS) is 22.9. The standard InChI is InChI=1S/C21H23N3O4/c1-5-21(4)18(25)24(19(26)23-21)14-9-10-16(22-11-14)28-15-8-6-7-13-12-27-20(2,3)17(13)15/h6-11H,5,12H2,1-4H3,(H,23,26)/t21-/m1/s1. The summed E-state index contributed by atoms with van der Waals surface area (Å²) in [5, 5.41) is 2.73. The van der Waals surface area contributed by atoms with Crippen LogP contribution in [0.4, 0.5) is 10.5 Å². The maximum Gasteiger partial charge on any atom is 0.329 e. The molecular weight excluding hydrogens is 358 g/mol. The van der Waals surface area contributed by atoms with Gasteiger partial charge in [-0.25, -0.2) is 14.7 Å². The van der Waals surface area contributed by atoms with Crippen LogP contribution < -0.4 is 15.0 Å². The van der Waals surface area contributed by atoms with Crippen LogP contribution in [0.25, 0.3) is 0 Å². The van der Waals surface area contributed by atoms with Crippen LogP contribution in [0.3, 0.4) is 0 Å². The van der Waals surface area contributed by atoms with Gasteiger partial charge in [0.15, 0.2) is 0 Å². The minimum atomic E-state index is -0.886. The molecule has 1 saturated heterocycles. The number of amides is 3. The van der Waals surface area contributed by atoms with Crippen molar-refractivity contribution in [2.45, 2.75) is 51.9 Å². The van der Waals surface area contributed by atoms with Crippen LogP contribution in [0.1, 0.15) is 45.2 Å². The second kappa shape index (κ2) is 6.31. The monoisotopic (exact) mass is 381 g/mol. The van der Waals surface area contributed by atoms with Crippen molar-refractivity contribution in [3.8, 4) is 11.6 Å². The van der Waals surface area contributed by atoms with Crippen LogP contribution in [0.15, 0.2) is 36.5 Å². The molecule has 0 unspecified atom stereocenters. The fourth-order valence-corrected chi connectivity index (χ4v) is 3.63. The molecule has 1 N–H and O–H groups in total. The SMILES string of the molecule is CC[C@@]1(C)NC(=O)N(c2ccc(Oc3cccc4c3C(C)(C)OC4)nc2)C1=O. The zero-order valence-corrected chi connectivity index (χ0v) is 16.4. The number of anilines is 1. The van der Waals surface area contributed by atoms with Crippen molar-refractivity contribution in [2.24, 2.45) is 0 Å². The second-order valence-electron chi connectivity index (χ2n) is 7.80. The third-order valence-electron chi connectivity index (χ3n) is 5.46. The third kappa shape index (κ3) is 2.82. The summed E-state index contributed by atoms with van der Waals surface area (Å²) in [6, 6.07) is 8.70. The first kappa shape index (κ1) is 18.4. The van der Waals surface area contributed by atoms with E-state index in [2.05, 4.69) is 10.3 Å². The molecule has 3 amide bonds. The Labute approximate surface area is 163 Å². The third-order valence-corrected chi connectivity index (χ3v) is 5.46. The van der Waals surface area contributed by atoms with Gasteiger partial charge in [0.2, 0.25) is 5.88 Å². The first-order valence-electron chi connectivity index (χ1n) is 9.32.